The second-order valence-corrected chi connectivity index (χ2v) is 15.2. The van der Waals surface area contributed by atoms with Gasteiger partial charge in [0.05, 0.1) is 25.9 Å². The summed E-state index contributed by atoms with van der Waals surface area (Å²) in [6.45, 7) is 19.5. The van der Waals surface area contributed by atoms with Gasteiger partial charge in [-0.15, -0.1) is 0 Å². The highest BCUT2D eigenvalue weighted by atomic mass is 16.3. The van der Waals surface area contributed by atoms with Crippen molar-refractivity contribution in [2.45, 2.75) is 98.0 Å². The first-order chi connectivity index (χ1) is 17.9. The van der Waals surface area contributed by atoms with E-state index in [4.69, 9.17) is 0 Å². The van der Waals surface area contributed by atoms with Crippen LogP contribution in [0.15, 0.2) is 24.4 Å². The largest absolute Gasteiger partial charge is 0.396 e. The summed E-state index contributed by atoms with van der Waals surface area (Å²) >= 11 is 0. The highest BCUT2D eigenvalue weighted by Gasteiger charge is 2.71. The fourth-order valence-electron chi connectivity index (χ4n) is 12.1. The third-order valence-corrected chi connectivity index (χ3v) is 14.3. The molecule has 1 unspecified atom stereocenters. The molecule has 5 aliphatic carbocycles. The van der Waals surface area contributed by atoms with Crippen LogP contribution < -0.4 is 5.32 Å². The van der Waals surface area contributed by atoms with Gasteiger partial charge < -0.3 is 25.7 Å². The molecule has 5 rings (SSSR count). The van der Waals surface area contributed by atoms with Gasteiger partial charge in [0.1, 0.15) is 0 Å². The number of aliphatic hydroxyl groups is 4. The fourth-order valence-corrected chi connectivity index (χ4v) is 12.1. The molecule has 0 amide bonds. The van der Waals surface area contributed by atoms with E-state index in [0.717, 1.165) is 56.2 Å². The quantitative estimate of drug-likeness (QED) is 0.298. The Balaban J connectivity index is 1.54. The molecule has 0 bridgehead atoms. The molecule has 5 aliphatic rings. The van der Waals surface area contributed by atoms with E-state index < -0.39 is 11.5 Å². The molecule has 5 heteroatoms. The van der Waals surface area contributed by atoms with Gasteiger partial charge in [0.25, 0.3) is 0 Å². The van der Waals surface area contributed by atoms with E-state index in [9.17, 15) is 20.4 Å². The number of hydrogen-bond donors (Lipinski definition) is 5. The SMILES string of the molecule is C=C(CO)[C@@H]1CC[C@]2(C(=C)NCCO)CC[C@]3(C)C(CC[C@@H]4[C@@]5(C)CC[C@H](O)[C@@](C)(CO)[C@@H]5CC[C@]43C)[C@@H]12. The van der Waals surface area contributed by atoms with E-state index in [1.165, 1.54) is 19.3 Å². The molecule has 38 heavy (non-hydrogen) atoms. The predicted molar refractivity (Wildman–Crippen MR) is 152 cm³/mol. The van der Waals surface area contributed by atoms with E-state index in [1.807, 2.05) is 0 Å². The molecule has 0 radical (unpaired) electrons. The third kappa shape index (κ3) is 3.56. The van der Waals surface area contributed by atoms with Gasteiger partial charge in [-0.05, 0) is 116 Å². The normalized spacial score (nSPS) is 51.8. The summed E-state index contributed by atoms with van der Waals surface area (Å²) in [6, 6.07) is 0. The predicted octanol–water partition coefficient (Wildman–Crippen LogP) is 5.05. The van der Waals surface area contributed by atoms with Crippen molar-refractivity contribution in [1.82, 2.24) is 5.32 Å². The van der Waals surface area contributed by atoms with Gasteiger partial charge in [-0.3, -0.25) is 0 Å². The maximum atomic E-state index is 11.0. The van der Waals surface area contributed by atoms with Gasteiger partial charge >= 0.3 is 0 Å². The maximum Gasteiger partial charge on any atom is 0.0641 e. The zero-order valence-corrected chi connectivity index (χ0v) is 24.6. The second kappa shape index (κ2) is 9.60. The Morgan fingerprint density at radius 3 is 2.21 bits per heavy atom. The summed E-state index contributed by atoms with van der Waals surface area (Å²) in [5.74, 6) is 2.20. The number of rotatable bonds is 7. The Morgan fingerprint density at radius 1 is 0.816 bits per heavy atom. The number of nitrogens with one attached hydrogen (secondary N) is 1. The van der Waals surface area contributed by atoms with Crippen LogP contribution in [0.1, 0.15) is 91.9 Å². The fraction of sp³-hybridized carbons (Fsp3) is 0.879. The Hall–Kier alpha value is -0.880. The Bertz CT molecular complexity index is 951. The van der Waals surface area contributed by atoms with E-state index in [0.29, 0.717) is 36.1 Å². The number of fused-ring (bicyclic) bond motifs is 7. The topological polar surface area (TPSA) is 93.0 Å². The molecule has 5 saturated carbocycles. The molecule has 0 aromatic rings. The minimum Gasteiger partial charge on any atom is -0.396 e. The van der Waals surface area contributed by atoms with Crippen molar-refractivity contribution in [3.63, 3.8) is 0 Å². The van der Waals surface area contributed by atoms with Crippen LogP contribution in [0.5, 0.6) is 0 Å². The van der Waals surface area contributed by atoms with Gasteiger partial charge in [0.2, 0.25) is 0 Å². The second-order valence-electron chi connectivity index (χ2n) is 15.2. The summed E-state index contributed by atoms with van der Waals surface area (Å²) in [5, 5.41) is 44.7. The van der Waals surface area contributed by atoms with Crippen LogP contribution in [-0.2, 0) is 0 Å². The smallest absolute Gasteiger partial charge is 0.0641 e. The number of allylic oxidation sites excluding steroid dienone is 1. The molecule has 0 heterocycles. The maximum absolute atomic E-state index is 11.0. The Labute approximate surface area is 231 Å². The van der Waals surface area contributed by atoms with E-state index in [-0.39, 0.29) is 41.5 Å². The van der Waals surface area contributed by atoms with Gasteiger partial charge in [-0.2, -0.15) is 0 Å². The van der Waals surface area contributed by atoms with Crippen LogP contribution in [0.4, 0.5) is 0 Å². The lowest BCUT2D eigenvalue weighted by atomic mass is 9.32. The zero-order valence-electron chi connectivity index (χ0n) is 24.6. The van der Waals surface area contributed by atoms with Crippen molar-refractivity contribution < 1.29 is 20.4 Å². The molecule has 5 N–H and O–H groups in total. The molecule has 5 fully saturated rings. The molecule has 0 aliphatic heterocycles. The van der Waals surface area contributed by atoms with Crippen molar-refractivity contribution in [3.05, 3.63) is 24.4 Å². The summed E-state index contributed by atoms with van der Waals surface area (Å²) < 4.78 is 0. The average Bonchev–Trinajstić information content (AvgIpc) is 3.30. The lowest BCUT2D eigenvalue weighted by Crippen LogP contribution is -2.67. The molecule has 216 valence electrons. The van der Waals surface area contributed by atoms with Crippen molar-refractivity contribution in [2.24, 2.45) is 56.7 Å². The standard InChI is InChI=1S/C33H55NO4/c1-21(19-36)23-9-14-33(22(2)34-17-18-35)16-15-31(5)24(28(23)33)7-8-26-29(3)12-11-27(38)30(4,20-37)25(29)10-13-32(26,31)6/h23-28,34-38H,1-2,7-20H2,3-6H3/t23-,24?,25+,26+,27-,28+,29-,30-,31+,32+,33+/m0/s1. The van der Waals surface area contributed by atoms with E-state index in [2.05, 4.69) is 46.2 Å². The number of aliphatic hydroxyl groups excluding tert-OH is 4. The molecular weight excluding hydrogens is 474 g/mol. The molecule has 0 aromatic carbocycles. The molecular formula is C33H55NO4. The first-order valence-electron chi connectivity index (χ1n) is 15.5. The van der Waals surface area contributed by atoms with Crippen LogP contribution >= 0.6 is 0 Å². The van der Waals surface area contributed by atoms with Crippen molar-refractivity contribution >= 4 is 0 Å². The Kier molecular flexibility index (Phi) is 7.24. The van der Waals surface area contributed by atoms with Gasteiger partial charge in [0.15, 0.2) is 0 Å². The summed E-state index contributed by atoms with van der Waals surface area (Å²) in [4.78, 5) is 0. The minimum absolute atomic E-state index is 0.00314. The molecule has 11 atom stereocenters. The highest BCUT2D eigenvalue weighted by molar-refractivity contribution is 5.27. The highest BCUT2D eigenvalue weighted by Crippen LogP contribution is 2.78. The van der Waals surface area contributed by atoms with Crippen LogP contribution in [0.3, 0.4) is 0 Å². The zero-order chi connectivity index (χ0) is 27.7. The monoisotopic (exact) mass is 529 g/mol. The van der Waals surface area contributed by atoms with Crippen LogP contribution in [0.25, 0.3) is 0 Å². The third-order valence-electron chi connectivity index (χ3n) is 14.3. The first-order valence-corrected chi connectivity index (χ1v) is 15.5. The summed E-state index contributed by atoms with van der Waals surface area (Å²) in [5.41, 5.74) is 2.16. The van der Waals surface area contributed by atoms with Crippen molar-refractivity contribution in [1.29, 1.82) is 0 Å². The minimum atomic E-state index is -0.418. The molecule has 0 saturated heterocycles. The van der Waals surface area contributed by atoms with Crippen molar-refractivity contribution in [3.8, 4) is 0 Å². The van der Waals surface area contributed by atoms with E-state index in [1.54, 1.807) is 0 Å². The molecule has 5 nitrogen and oxygen atoms in total. The molecule has 0 aromatic heterocycles. The van der Waals surface area contributed by atoms with Gasteiger partial charge in [-0.1, -0.05) is 40.9 Å². The molecule has 0 spiro atoms. The van der Waals surface area contributed by atoms with Gasteiger partial charge in [-0.25, -0.2) is 0 Å². The van der Waals surface area contributed by atoms with Gasteiger partial charge in [0, 0.05) is 23.1 Å². The lowest BCUT2D eigenvalue weighted by Gasteiger charge is -2.73. The number of hydrogen-bond acceptors (Lipinski definition) is 5. The average molecular weight is 530 g/mol. The van der Waals surface area contributed by atoms with Crippen LogP contribution in [0, 0.1) is 56.7 Å². The summed E-state index contributed by atoms with van der Waals surface area (Å²) in [7, 11) is 0. The van der Waals surface area contributed by atoms with Crippen molar-refractivity contribution in [2.75, 3.05) is 26.4 Å². The summed E-state index contributed by atoms with van der Waals surface area (Å²) in [6.07, 6.45) is 10.5. The Morgan fingerprint density at radius 2 is 1.55 bits per heavy atom. The lowest BCUT2D eigenvalue weighted by molar-refractivity contribution is -0.252. The van der Waals surface area contributed by atoms with Crippen LogP contribution in [-0.4, -0.2) is 52.9 Å². The van der Waals surface area contributed by atoms with Crippen LogP contribution in [0.2, 0.25) is 0 Å². The van der Waals surface area contributed by atoms with E-state index >= 15 is 0 Å². The first kappa shape index (κ1) is 28.6.